The first-order valence-corrected chi connectivity index (χ1v) is 9.22. The monoisotopic (exact) mass is 390 g/mol. The van der Waals surface area contributed by atoms with E-state index in [-0.39, 0.29) is 17.6 Å². The topological polar surface area (TPSA) is 58.2 Å². The van der Waals surface area contributed by atoms with Gasteiger partial charge in [-0.2, -0.15) is 13.2 Å². The van der Waals surface area contributed by atoms with Gasteiger partial charge >= 0.3 is 6.18 Å². The van der Waals surface area contributed by atoms with E-state index >= 15 is 0 Å². The third kappa shape index (κ3) is 5.12. The van der Waals surface area contributed by atoms with Crippen molar-refractivity contribution in [1.29, 1.82) is 0 Å². The van der Waals surface area contributed by atoms with Gasteiger partial charge in [-0.05, 0) is 61.4 Å². The molecular formula is C21H21F3N2O2. The zero-order valence-electron chi connectivity index (χ0n) is 15.2. The van der Waals surface area contributed by atoms with E-state index in [0.29, 0.717) is 11.1 Å². The van der Waals surface area contributed by atoms with Gasteiger partial charge in [-0.1, -0.05) is 19.3 Å². The van der Waals surface area contributed by atoms with Crippen molar-refractivity contribution in [1.82, 2.24) is 5.32 Å². The summed E-state index contributed by atoms with van der Waals surface area (Å²) in [6, 6.07) is 10.6. The molecule has 1 aliphatic rings. The lowest BCUT2D eigenvalue weighted by molar-refractivity contribution is -0.137. The molecule has 2 amide bonds. The summed E-state index contributed by atoms with van der Waals surface area (Å²) in [6.45, 7) is 0. The third-order valence-corrected chi connectivity index (χ3v) is 4.82. The van der Waals surface area contributed by atoms with Crippen LogP contribution in [0, 0.1) is 0 Å². The van der Waals surface area contributed by atoms with Crippen molar-refractivity contribution in [3.05, 3.63) is 65.2 Å². The number of amides is 2. The van der Waals surface area contributed by atoms with Gasteiger partial charge in [0.15, 0.2) is 0 Å². The summed E-state index contributed by atoms with van der Waals surface area (Å²) in [7, 11) is 0. The van der Waals surface area contributed by atoms with E-state index in [2.05, 4.69) is 10.6 Å². The summed E-state index contributed by atoms with van der Waals surface area (Å²) in [6.07, 6.45) is 0.992. The Morgan fingerprint density at radius 2 is 1.32 bits per heavy atom. The van der Waals surface area contributed by atoms with Gasteiger partial charge in [0.05, 0.1) is 5.56 Å². The first kappa shape index (κ1) is 19.9. The van der Waals surface area contributed by atoms with E-state index in [1.54, 1.807) is 12.1 Å². The van der Waals surface area contributed by atoms with Crippen molar-refractivity contribution >= 4 is 17.5 Å². The van der Waals surface area contributed by atoms with Crippen LogP contribution in [0.3, 0.4) is 0 Å². The van der Waals surface area contributed by atoms with Crippen LogP contribution < -0.4 is 10.6 Å². The minimum atomic E-state index is -4.42. The van der Waals surface area contributed by atoms with E-state index in [4.69, 9.17) is 0 Å². The Morgan fingerprint density at radius 3 is 1.86 bits per heavy atom. The van der Waals surface area contributed by atoms with Crippen LogP contribution in [0.5, 0.6) is 0 Å². The number of rotatable bonds is 4. The van der Waals surface area contributed by atoms with Crippen LogP contribution >= 0.6 is 0 Å². The van der Waals surface area contributed by atoms with E-state index < -0.39 is 17.6 Å². The van der Waals surface area contributed by atoms with Gasteiger partial charge in [-0.3, -0.25) is 9.59 Å². The molecule has 0 bridgehead atoms. The molecule has 0 aromatic heterocycles. The molecule has 28 heavy (non-hydrogen) atoms. The Labute approximate surface area is 161 Å². The summed E-state index contributed by atoms with van der Waals surface area (Å²) in [5.41, 5.74) is 0.265. The third-order valence-electron chi connectivity index (χ3n) is 4.82. The highest BCUT2D eigenvalue weighted by Gasteiger charge is 2.30. The fourth-order valence-electron chi connectivity index (χ4n) is 3.23. The number of carbonyl (C=O) groups is 2. The Balaban J connectivity index is 1.59. The lowest BCUT2D eigenvalue weighted by atomic mass is 9.95. The number of hydrogen-bond acceptors (Lipinski definition) is 2. The largest absolute Gasteiger partial charge is 0.416 e. The maximum atomic E-state index is 12.6. The zero-order valence-corrected chi connectivity index (χ0v) is 15.2. The van der Waals surface area contributed by atoms with Crippen LogP contribution in [0.15, 0.2) is 48.5 Å². The fourth-order valence-corrected chi connectivity index (χ4v) is 3.23. The smallest absolute Gasteiger partial charge is 0.349 e. The second kappa shape index (κ2) is 8.46. The van der Waals surface area contributed by atoms with Gasteiger partial charge in [-0.25, -0.2) is 0 Å². The maximum absolute atomic E-state index is 12.6. The highest BCUT2D eigenvalue weighted by molar-refractivity contribution is 6.05. The van der Waals surface area contributed by atoms with Crippen molar-refractivity contribution in [3.63, 3.8) is 0 Å². The predicted molar refractivity (Wildman–Crippen MR) is 100 cm³/mol. The first-order valence-electron chi connectivity index (χ1n) is 9.22. The lowest BCUT2D eigenvalue weighted by Gasteiger charge is -2.22. The minimum Gasteiger partial charge on any atom is -0.349 e. The SMILES string of the molecule is O=C(Nc1ccc(C(F)(F)F)cc1)c1ccc(C(=O)NC2CCCCC2)cc1. The molecule has 0 saturated heterocycles. The standard InChI is InChI=1S/C21H21F3N2O2/c22-21(23,24)16-10-12-18(13-11-16)26-20(28)15-8-6-14(7-9-15)19(27)25-17-4-2-1-3-5-17/h6-13,17H,1-5H2,(H,25,27)(H,26,28). The molecule has 7 heteroatoms. The van der Waals surface area contributed by atoms with E-state index in [1.807, 2.05) is 0 Å². The number of anilines is 1. The molecule has 0 atom stereocenters. The molecule has 1 aliphatic carbocycles. The number of alkyl halides is 3. The fraction of sp³-hybridized carbons (Fsp3) is 0.333. The molecule has 1 saturated carbocycles. The first-order chi connectivity index (χ1) is 13.3. The van der Waals surface area contributed by atoms with Crippen LogP contribution in [-0.2, 0) is 6.18 Å². The zero-order chi connectivity index (χ0) is 20.1. The van der Waals surface area contributed by atoms with E-state index in [0.717, 1.165) is 37.8 Å². The van der Waals surface area contributed by atoms with Crippen molar-refractivity contribution in [2.45, 2.75) is 44.3 Å². The summed E-state index contributed by atoms with van der Waals surface area (Å²) in [5, 5.41) is 5.55. The molecule has 3 rings (SSSR count). The average molecular weight is 390 g/mol. The van der Waals surface area contributed by atoms with Crippen LogP contribution in [0.2, 0.25) is 0 Å². The molecule has 0 unspecified atom stereocenters. The second-order valence-electron chi connectivity index (χ2n) is 6.91. The molecule has 2 aromatic rings. The molecule has 1 fully saturated rings. The number of benzene rings is 2. The number of carbonyl (C=O) groups excluding carboxylic acids is 2. The molecule has 0 spiro atoms. The molecule has 0 heterocycles. The minimum absolute atomic E-state index is 0.165. The summed E-state index contributed by atoms with van der Waals surface area (Å²) in [4.78, 5) is 24.6. The quantitative estimate of drug-likeness (QED) is 0.770. The summed E-state index contributed by atoms with van der Waals surface area (Å²) < 4.78 is 37.7. The van der Waals surface area contributed by atoms with Crippen LogP contribution in [0.1, 0.15) is 58.4 Å². The Hall–Kier alpha value is -2.83. The Morgan fingerprint density at radius 1 is 0.786 bits per heavy atom. The van der Waals surface area contributed by atoms with E-state index in [9.17, 15) is 22.8 Å². The number of nitrogens with one attached hydrogen (secondary N) is 2. The van der Waals surface area contributed by atoms with E-state index in [1.165, 1.54) is 30.7 Å². The van der Waals surface area contributed by atoms with Gasteiger partial charge in [0.1, 0.15) is 0 Å². The average Bonchev–Trinajstić information content (AvgIpc) is 2.68. The molecule has 0 radical (unpaired) electrons. The van der Waals surface area contributed by atoms with Crippen molar-refractivity contribution < 1.29 is 22.8 Å². The van der Waals surface area contributed by atoms with Crippen LogP contribution in [-0.4, -0.2) is 17.9 Å². The highest BCUT2D eigenvalue weighted by Crippen LogP contribution is 2.29. The molecule has 0 aliphatic heterocycles. The van der Waals surface area contributed by atoms with Crippen molar-refractivity contribution in [2.24, 2.45) is 0 Å². The number of halogens is 3. The molecule has 4 nitrogen and oxygen atoms in total. The van der Waals surface area contributed by atoms with Gasteiger partial charge in [0, 0.05) is 22.9 Å². The summed E-state index contributed by atoms with van der Waals surface area (Å²) >= 11 is 0. The number of hydrogen-bond donors (Lipinski definition) is 2. The highest BCUT2D eigenvalue weighted by atomic mass is 19.4. The van der Waals surface area contributed by atoms with Gasteiger partial charge in [-0.15, -0.1) is 0 Å². The molecule has 148 valence electrons. The Bertz CT molecular complexity index is 824. The van der Waals surface area contributed by atoms with Crippen molar-refractivity contribution in [3.8, 4) is 0 Å². The summed E-state index contributed by atoms with van der Waals surface area (Å²) in [5.74, 6) is -0.624. The van der Waals surface area contributed by atoms with Gasteiger partial charge < -0.3 is 10.6 Å². The van der Waals surface area contributed by atoms with Gasteiger partial charge in [0.2, 0.25) is 0 Å². The second-order valence-corrected chi connectivity index (χ2v) is 6.91. The lowest BCUT2D eigenvalue weighted by Crippen LogP contribution is -2.36. The maximum Gasteiger partial charge on any atom is 0.416 e. The van der Waals surface area contributed by atoms with Crippen LogP contribution in [0.4, 0.5) is 18.9 Å². The molecule has 2 aromatic carbocycles. The van der Waals surface area contributed by atoms with Gasteiger partial charge in [0.25, 0.3) is 11.8 Å². The van der Waals surface area contributed by atoms with Crippen LogP contribution in [0.25, 0.3) is 0 Å². The normalized spacial score (nSPS) is 15.1. The Kier molecular flexibility index (Phi) is 6.02. The molecular weight excluding hydrogens is 369 g/mol. The predicted octanol–water partition coefficient (Wildman–Crippen LogP) is 5.02. The van der Waals surface area contributed by atoms with Crippen molar-refractivity contribution in [2.75, 3.05) is 5.32 Å². The molecule has 2 N–H and O–H groups in total.